The first-order valence-corrected chi connectivity index (χ1v) is 6.43. The van der Waals surface area contributed by atoms with Crippen LogP contribution in [0.4, 0.5) is 5.82 Å². The van der Waals surface area contributed by atoms with Gasteiger partial charge in [-0.2, -0.15) is 0 Å². The zero-order valence-electron chi connectivity index (χ0n) is 10.8. The number of aromatic nitrogens is 2. The Bertz CT molecular complexity index is 379. The van der Waals surface area contributed by atoms with Crippen molar-refractivity contribution in [2.75, 3.05) is 24.5 Å². The van der Waals surface area contributed by atoms with Crippen LogP contribution in [0.5, 0.6) is 0 Å². The van der Waals surface area contributed by atoms with Gasteiger partial charge in [0.15, 0.2) is 0 Å². The molecule has 2 rings (SSSR count). The van der Waals surface area contributed by atoms with Gasteiger partial charge in [-0.1, -0.05) is 20.3 Å². The van der Waals surface area contributed by atoms with Crippen molar-refractivity contribution in [3.63, 3.8) is 0 Å². The zero-order valence-corrected chi connectivity index (χ0v) is 10.8. The highest BCUT2D eigenvalue weighted by Crippen LogP contribution is 2.31. The molecule has 1 saturated heterocycles. The number of nitrogens with zero attached hydrogens (tertiary/aromatic N) is 3. The van der Waals surface area contributed by atoms with Gasteiger partial charge >= 0.3 is 0 Å². The normalized spacial score (nSPS) is 24.3. The van der Waals surface area contributed by atoms with Gasteiger partial charge in [-0.05, 0) is 24.8 Å². The topological polar surface area (TPSA) is 55.0 Å². The number of rotatable bonds is 4. The Labute approximate surface area is 103 Å². The molecule has 94 valence electrons. The van der Waals surface area contributed by atoms with E-state index in [0.29, 0.717) is 0 Å². The van der Waals surface area contributed by atoms with Gasteiger partial charge in [0.1, 0.15) is 12.1 Å². The third-order valence-electron chi connectivity index (χ3n) is 3.59. The highest BCUT2D eigenvalue weighted by atomic mass is 15.2. The van der Waals surface area contributed by atoms with Gasteiger partial charge in [0.2, 0.25) is 0 Å². The summed E-state index contributed by atoms with van der Waals surface area (Å²) in [6, 6.07) is 2.12. The second kappa shape index (κ2) is 5.00. The summed E-state index contributed by atoms with van der Waals surface area (Å²) < 4.78 is 0. The van der Waals surface area contributed by atoms with Crippen LogP contribution < -0.4 is 10.6 Å². The Kier molecular flexibility index (Phi) is 3.62. The molecule has 17 heavy (non-hydrogen) atoms. The van der Waals surface area contributed by atoms with Crippen molar-refractivity contribution in [1.29, 1.82) is 0 Å². The molecule has 1 aliphatic heterocycles. The molecule has 0 aromatic carbocycles. The number of nitrogens with two attached hydrogens (primary N) is 1. The third-order valence-corrected chi connectivity index (χ3v) is 3.59. The quantitative estimate of drug-likeness (QED) is 0.860. The van der Waals surface area contributed by atoms with Crippen LogP contribution in [0.25, 0.3) is 0 Å². The molecule has 0 radical (unpaired) electrons. The standard InChI is InChI=1S/C13H22N4/c1-3-4-11-7-12(16-10-15-11)17-6-5-13(2,8-14)9-17/h7,10H,3-6,8-9,14H2,1-2H3. The molecule has 4 nitrogen and oxygen atoms in total. The molecule has 1 atom stereocenters. The van der Waals surface area contributed by atoms with E-state index in [1.165, 1.54) is 0 Å². The molecule has 0 saturated carbocycles. The van der Waals surface area contributed by atoms with Crippen molar-refractivity contribution in [2.24, 2.45) is 11.1 Å². The van der Waals surface area contributed by atoms with Gasteiger partial charge in [0.25, 0.3) is 0 Å². The summed E-state index contributed by atoms with van der Waals surface area (Å²) in [7, 11) is 0. The molecule has 0 spiro atoms. The van der Waals surface area contributed by atoms with E-state index in [4.69, 9.17) is 5.73 Å². The Hall–Kier alpha value is -1.16. The fraction of sp³-hybridized carbons (Fsp3) is 0.692. The second-order valence-corrected chi connectivity index (χ2v) is 5.30. The van der Waals surface area contributed by atoms with Crippen LogP contribution in [0.3, 0.4) is 0 Å². The van der Waals surface area contributed by atoms with E-state index >= 15 is 0 Å². The summed E-state index contributed by atoms with van der Waals surface area (Å²) in [5.74, 6) is 1.06. The van der Waals surface area contributed by atoms with Crippen molar-refractivity contribution in [3.8, 4) is 0 Å². The van der Waals surface area contributed by atoms with Crippen molar-refractivity contribution in [1.82, 2.24) is 9.97 Å². The monoisotopic (exact) mass is 234 g/mol. The van der Waals surface area contributed by atoms with Crippen molar-refractivity contribution >= 4 is 5.82 Å². The lowest BCUT2D eigenvalue weighted by Gasteiger charge is -2.23. The van der Waals surface area contributed by atoms with E-state index in [1.54, 1.807) is 6.33 Å². The molecule has 1 aromatic rings. The number of aryl methyl sites for hydroxylation is 1. The van der Waals surface area contributed by atoms with Crippen molar-refractivity contribution in [2.45, 2.75) is 33.1 Å². The molecule has 0 amide bonds. The average Bonchev–Trinajstić information content (AvgIpc) is 2.74. The van der Waals surface area contributed by atoms with Gasteiger partial charge in [0, 0.05) is 24.8 Å². The Balaban J connectivity index is 2.10. The summed E-state index contributed by atoms with van der Waals surface area (Å²) in [5.41, 5.74) is 7.21. The van der Waals surface area contributed by atoms with E-state index in [0.717, 1.165) is 50.4 Å². The Morgan fingerprint density at radius 3 is 2.94 bits per heavy atom. The molecule has 0 bridgehead atoms. The summed E-state index contributed by atoms with van der Waals surface area (Å²) in [5, 5.41) is 0. The summed E-state index contributed by atoms with van der Waals surface area (Å²) in [6.45, 7) is 7.23. The summed E-state index contributed by atoms with van der Waals surface area (Å²) in [6.07, 6.45) is 4.98. The fourth-order valence-electron chi connectivity index (χ4n) is 2.34. The van der Waals surface area contributed by atoms with Gasteiger partial charge in [-0.3, -0.25) is 0 Å². The number of hydrogen-bond acceptors (Lipinski definition) is 4. The third kappa shape index (κ3) is 2.75. The lowest BCUT2D eigenvalue weighted by molar-refractivity contribution is 0.383. The van der Waals surface area contributed by atoms with Crippen LogP contribution in [0.15, 0.2) is 12.4 Å². The minimum atomic E-state index is 0.246. The molecule has 2 heterocycles. The number of anilines is 1. The van der Waals surface area contributed by atoms with E-state index in [-0.39, 0.29) is 5.41 Å². The maximum atomic E-state index is 5.83. The highest BCUT2D eigenvalue weighted by Gasteiger charge is 2.33. The average molecular weight is 234 g/mol. The van der Waals surface area contributed by atoms with Crippen LogP contribution in [0, 0.1) is 5.41 Å². The maximum absolute atomic E-state index is 5.83. The molecule has 0 aliphatic carbocycles. The Morgan fingerprint density at radius 2 is 2.29 bits per heavy atom. The van der Waals surface area contributed by atoms with Crippen molar-refractivity contribution < 1.29 is 0 Å². The predicted molar refractivity (Wildman–Crippen MR) is 70.0 cm³/mol. The summed E-state index contributed by atoms with van der Waals surface area (Å²) in [4.78, 5) is 11.0. The minimum absolute atomic E-state index is 0.246. The van der Waals surface area contributed by atoms with Gasteiger partial charge in [-0.25, -0.2) is 9.97 Å². The maximum Gasteiger partial charge on any atom is 0.132 e. The van der Waals surface area contributed by atoms with Crippen LogP contribution >= 0.6 is 0 Å². The molecular formula is C13H22N4. The molecule has 1 unspecified atom stereocenters. The van der Waals surface area contributed by atoms with Gasteiger partial charge < -0.3 is 10.6 Å². The smallest absolute Gasteiger partial charge is 0.132 e. The van der Waals surface area contributed by atoms with Gasteiger partial charge in [-0.15, -0.1) is 0 Å². The lowest BCUT2D eigenvalue weighted by Crippen LogP contribution is -2.31. The lowest BCUT2D eigenvalue weighted by atomic mass is 9.90. The van der Waals surface area contributed by atoms with Gasteiger partial charge in [0.05, 0.1) is 0 Å². The largest absolute Gasteiger partial charge is 0.356 e. The van der Waals surface area contributed by atoms with Crippen molar-refractivity contribution in [3.05, 3.63) is 18.1 Å². The number of hydrogen-bond donors (Lipinski definition) is 1. The Morgan fingerprint density at radius 1 is 1.47 bits per heavy atom. The molecule has 2 N–H and O–H groups in total. The van der Waals surface area contributed by atoms with E-state index in [1.807, 2.05) is 0 Å². The first-order valence-electron chi connectivity index (χ1n) is 6.43. The summed E-state index contributed by atoms with van der Waals surface area (Å²) >= 11 is 0. The molecular weight excluding hydrogens is 212 g/mol. The zero-order chi connectivity index (χ0) is 12.3. The van der Waals surface area contributed by atoms with Crippen LogP contribution in [0.2, 0.25) is 0 Å². The molecule has 1 fully saturated rings. The fourth-order valence-corrected chi connectivity index (χ4v) is 2.34. The van der Waals surface area contributed by atoms with E-state index < -0.39 is 0 Å². The highest BCUT2D eigenvalue weighted by molar-refractivity contribution is 5.40. The van der Waals surface area contributed by atoms with Crippen LogP contribution in [-0.4, -0.2) is 29.6 Å². The first-order chi connectivity index (χ1) is 8.17. The van der Waals surface area contributed by atoms with E-state index in [9.17, 15) is 0 Å². The first kappa shape index (κ1) is 12.3. The minimum Gasteiger partial charge on any atom is -0.356 e. The van der Waals surface area contributed by atoms with Crippen LogP contribution in [-0.2, 0) is 6.42 Å². The second-order valence-electron chi connectivity index (χ2n) is 5.30. The molecule has 1 aromatic heterocycles. The SMILES string of the molecule is CCCc1cc(N2CCC(C)(CN)C2)ncn1. The van der Waals surface area contributed by atoms with Crippen LogP contribution in [0.1, 0.15) is 32.4 Å². The molecule has 4 heteroatoms. The molecule has 1 aliphatic rings. The van der Waals surface area contributed by atoms with E-state index in [2.05, 4.69) is 34.8 Å². The predicted octanol–water partition coefficient (Wildman–Crippen LogP) is 1.60.